The molecule has 1 atom stereocenters. The van der Waals surface area contributed by atoms with Gasteiger partial charge in [-0.25, -0.2) is 4.98 Å². The Morgan fingerprint density at radius 3 is 2.73 bits per heavy atom. The topological polar surface area (TPSA) is 67.8 Å². The lowest BCUT2D eigenvalue weighted by molar-refractivity contribution is 0.0541. The van der Waals surface area contributed by atoms with Crippen molar-refractivity contribution in [3.05, 3.63) is 48.4 Å². The Labute approximate surface area is 197 Å². The molecular weight excluding hydrogens is 414 g/mol. The summed E-state index contributed by atoms with van der Waals surface area (Å²) in [6.07, 6.45) is 4.50. The molecule has 0 aliphatic carbocycles. The van der Waals surface area contributed by atoms with Gasteiger partial charge in [-0.05, 0) is 52.1 Å². The van der Waals surface area contributed by atoms with E-state index in [1.165, 1.54) is 0 Å². The van der Waals surface area contributed by atoms with Crippen molar-refractivity contribution in [2.75, 3.05) is 69.6 Å². The van der Waals surface area contributed by atoms with Crippen LogP contribution in [0.15, 0.2) is 42.7 Å². The lowest BCUT2D eigenvalue weighted by atomic mass is 10.1. The highest BCUT2D eigenvalue weighted by Gasteiger charge is 2.28. The standard InChI is InChI=1S/C25H37N7O/c1-20(2)32-15-13-29(3)22(19-32)18-30-11-6-12-31(16-14-30)24-17-21(8-10-27-24)28-25(33)23-7-4-5-9-26-23/h4-5,7-10,17,20,22H,6,11-16,18-19H2,1-3H3,(H,27,28,33)/t22-/m1/s1. The molecule has 2 saturated heterocycles. The SMILES string of the molecule is CC(C)N1CCN(C)[C@H](CN2CCCN(c3cc(NC(=O)c4ccccn4)ccn3)CC2)C1. The van der Waals surface area contributed by atoms with Crippen molar-refractivity contribution in [2.45, 2.75) is 32.4 Å². The molecule has 0 unspecified atom stereocenters. The summed E-state index contributed by atoms with van der Waals surface area (Å²) in [6.45, 7) is 13.2. The van der Waals surface area contributed by atoms with Crippen molar-refractivity contribution in [2.24, 2.45) is 0 Å². The Hall–Kier alpha value is -2.55. The zero-order valence-corrected chi connectivity index (χ0v) is 20.2. The van der Waals surface area contributed by atoms with Gasteiger partial charge in [-0.2, -0.15) is 0 Å². The third kappa shape index (κ3) is 6.28. The molecule has 0 radical (unpaired) electrons. The van der Waals surface area contributed by atoms with Crippen molar-refractivity contribution in [1.82, 2.24) is 24.7 Å². The molecule has 2 fully saturated rings. The van der Waals surface area contributed by atoms with E-state index in [0.717, 1.165) is 70.3 Å². The lowest BCUT2D eigenvalue weighted by Gasteiger charge is -2.43. The molecular formula is C25H37N7O. The second kappa shape index (κ2) is 11.0. The van der Waals surface area contributed by atoms with Crippen LogP contribution in [0.5, 0.6) is 0 Å². The number of likely N-dealkylation sites (N-methyl/N-ethyl adjacent to an activating group) is 1. The number of nitrogens with one attached hydrogen (secondary N) is 1. The second-order valence-corrected chi connectivity index (χ2v) is 9.44. The Morgan fingerprint density at radius 2 is 1.94 bits per heavy atom. The molecule has 2 aliphatic heterocycles. The Balaban J connectivity index is 1.34. The first-order valence-corrected chi connectivity index (χ1v) is 12.1. The van der Waals surface area contributed by atoms with Gasteiger partial charge in [0.2, 0.25) is 0 Å². The van der Waals surface area contributed by atoms with Crippen LogP contribution in [0.4, 0.5) is 11.5 Å². The first-order valence-electron chi connectivity index (χ1n) is 12.1. The number of anilines is 2. The zero-order valence-electron chi connectivity index (χ0n) is 20.2. The molecule has 2 aliphatic rings. The fourth-order valence-corrected chi connectivity index (χ4v) is 4.68. The van der Waals surface area contributed by atoms with E-state index in [1.54, 1.807) is 24.5 Å². The third-order valence-corrected chi connectivity index (χ3v) is 6.82. The molecule has 0 aromatic carbocycles. The van der Waals surface area contributed by atoms with E-state index in [2.05, 4.69) is 55.8 Å². The number of carbonyl (C=O) groups excluding carboxylic acids is 1. The predicted molar refractivity (Wildman–Crippen MR) is 133 cm³/mol. The molecule has 178 valence electrons. The molecule has 8 heteroatoms. The van der Waals surface area contributed by atoms with Crippen LogP contribution in [0, 0.1) is 0 Å². The minimum absolute atomic E-state index is 0.207. The summed E-state index contributed by atoms with van der Waals surface area (Å²) in [5, 5.41) is 2.95. The van der Waals surface area contributed by atoms with E-state index in [4.69, 9.17) is 0 Å². The van der Waals surface area contributed by atoms with Crippen molar-refractivity contribution in [3.8, 4) is 0 Å². The van der Waals surface area contributed by atoms with Gasteiger partial charge < -0.3 is 10.2 Å². The van der Waals surface area contributed by atoms with Gasteiger partial charge in [0, 0.05) is 82.0 Å². The summed E-state index contributed by atoms with van der Waals surface area (Å²) in [5.41, 5.74) is 1.15. The van der Waals surface area contributed by atoms with Crippen molar-refractivity contribution in [3.63, 3.8) is 0 Å². The summed E-state index contributed by atoms with van der Waals surface area (Å²) in [5.74, 6) is 0.707. The smallest absolute Gasteiger partial charge is 0.274 e. The van der Waals surface area contributed by atoms with Gasteiger partial charge >= 0.3 is 0 Å². The largest absolute Gasteiger partial charge is 0.355 e. The second-order valence-electron chi connectivity index (χ2n) is 9.44. The minimum atomic E-state index is -0.207. The van der Waals surface area contributed by atoms with Gasteiger partial charge in [-0.15, -0.1) is 0 Å². The maximum absolute atomic E-state index is 12.5. The minimum Gasteiger partial charge on any atom is -0.355 e. The highest BCUT2D eigenvalue weighted by Crippen LogP contribution is 2.20. The Kier molecular flexibility index (Phi) is 7.90. The number of aromatic nitrogens is 2. The summed E-state index contributed by atoms with van der Waals surface area (Å²) >= 11 is 0. The monoisotopic (exact) mass is 451 g/mol. The van der Waals surface area contributed by atoms with E-state index in [1.807, 2.05) is 18.2 Å². The summed E-state index contributed by atoms with van der Waals surface area (Å²) < 4.78 is 0. The van der Waals surface area contributed by atoms with Crippen LogP contribution >= 0.6 is 0 Å². The first-order chi connectivity index (χ1) is 16.0. The average Bonchev–Trinajstić information content (AvgIpc) is 3.07. The van der Waals surface area contributed by atoms with Gasteiger partial charge in [-0.3, -0.25) is 24.5 Å². The van der Waals surface area contributed by atoms with Crippen LogP contribution in [-0.4, -0.2) is 102 Å². The maximum atomic E-state index is 12.5. The molecule has 4 heterocycles. The fourth-order valence-electron chi connectivity index (χ4n) is 4.68. The van der Waals surface area contributed by atoms with Crippen molar-refractivity contribution < 1.29 is 4.79 Å². The van der Waals surface area contributed by atoms with E-state index in [9.17, 15) is 4.79 Å². The Morgan fingerprint density at radius 1 is 1.06 bits per heavy atom. The molecule has 4 rings (SSSR count). The normalized spacial score (nSPS) is 21.2. The molecule has 1 N–H and O–H groups in total. The van der Waals surface area contributed by atoms with Crippen LogP contribution in [-0.2, 0) is 0 Å². The molecule has 8 nitrogen and oxygen atoms in total. The fraction of sp³-hybridized carbons (Fsp3) is 0.560. The number of hydrogen-bond donors (Lipinski definition) is 1. The quantitative estimate of drug-likeness (QED) is 0.723. The number of piperazine rings is 1. The maximum Gasteiger partial charge on any atom is 0.274 e. The van der Waals surface area contributed by atoms with Crippen LogP contribution in [0.1, 0.15) is 30.8 Å². The lowest BCUT2D eigenvalue weighted by Crippen LogP contribution is -2.57. The highest BCUT2D eigenvalue weighted by molar-refractivity contribution is 6.02. The number of amides is 1. The summed E-state index contributed by atoms with van der Waals surface area (Å²) in [7, 11) is 2.27. The molecule has 2 aromatic heterocycles. The van der Waals surface area contributed by atoms with Gasteiger partial charge in [-0.1, -0.05) is 6.07 Å². The van der Waals surface area contributed by atoms with E-state index in [0.29, 0.717) is 17.8 Å². The number of carbonyl (C=O) groups is 1. The number of pyridine rings is 2. The molecule has 2 aromatic rings. The van der Waals surface area contributed by atoms with Crippen LogP contribution in [0.3, 0.4) is 0 Å². The third-order valence-electron chi connectivity index (χ3n) is 6.82. The first kappa shape index (κ1) is 23.6. The molecule has 0 bridgehead atoms. The number of hydrogen-bond acceptors (Lipinski definition) is 7. The van der Waals surface area contributed by atoms with Crippen LogP contribution < -0.4 is 10.2 Å². The van der Waals surface area contributed by atoms with Crippen LogP contribution in [0.2, 0.25) is 0 Å². The molecule has 0 spiro atoms. The Bertz CT molecular complexity index is 907. The highest BCUT2D eigenvalue weighted by atomic mass is 16.1. The van der Waals surface area contributed by atoms with Crippen LogP contribution in [0.25, 0.3) is 0 Å². The van der Waals surface area contributed by atoms with Gasteiger partial charge in [0.1, 0.15) is 11.5 Å². The molecule has 33 heavy (non-hydrogen) atoms. The average molecular weight is 452 g/mol. The van der Waals surface area contributed by atoms with E-state index < -0.39 is 0 Å². The number of rotatable bonds is 6. The van der Waals surface area contributed by atoms with E-state index >= 15 is 0 Å². The van der Waals surface area contributed by atoms with E-state index in [-0.39, 0.29) is 5.91 Å². The number of nitrogens with zero attached hydrogens (tertiary/aromatic N) is 6. The molecule has 1 amide bonds. The predicted octanol–water partition coefficient (Wildman–Crippen LogP) is 2.27. The summed E-state index contributed by atoms with van der Waals surface area (Å²) in [6, 6.07) is 10.3. The van der Waals surface area contributed by atoms with Gasteiger partial charge in [0.05, 0.1) is 0 Å². The molecule has 0 saturated carbocycles. The van der Waals surface area contributed by atoms with Crippen molar-refractivity contribution >= 4 is 17.4 Å². The van der Waals surface area contributed by atoms with Crippen molar-refractivity contribution in [1.29, 1.82) is 0 Å². The van der Waals surface area contributed by atoms with Gasteiger partial charge in [0.15, 0.2) is 0 Å². The zero-order chi connectivity index (χ0) is 23.2. The van der Waals surface area contributed by atoms with Gasteiger partial charge in [0.25, 0.3) is 5.91 Å². The summed E-state index contributed by atoms with van der Waals surface area (Å²) in [4.78, 5) is 31.2.